The summed E-state index contributed by atoms with van der Waals surface area (Å²) in [6.45, 7) is 0. The summed E-state index contributed by atoms with van der Waals surface area (Å²) in [5, 5.41) is 18.6. The van der Waals surface area contributed by atoms with Crippen LogP contribution in [0.15, 0.2) is 30.3 Å². The summed E-state index contributed by atoms with van der Waals surface area (Å²) in [5.41, 5.74) is 2.93. The maximum absolute atomic E-state index is 11.5. The molecule has 3 rings (SSSR count). The van der Waals surface area contributed by atoms with Crippen LogP contribution < -0.4 is 0 Å². The standard InChI is InChI=1S/C19H10O4/c1-3-10-5-8-14(19(22)23)17-12(4-2)13-7-6-11(18(20)21)9-15(13)16(10)17/h1-2,5-9,12H,(H,20,21)(H,22,23). The molecule has 1 aliphatic rings. The van der Waals surface area contributed by atoms with E-state index in [0.29, 0.717) is 27.8 Å². The van der Waals surface area contributed by atoms with Crippen molar-refractivity contribution in [3.63, 3.8) is 0 Å². The minimum Gasteiger partial charge on any atom is -0.478 e. The maximum Gasteiger partial charge on any atom is 0.336 e. The van der Waals surface area contributed by atoms with Crippen molar-refractivity contribution in [3.05, 3.63) is 58.1 Å². The lowest BCUT2D eigenvalue weighted by Gasteiger charge is -2.10. The Labute approximate surface area is 132 Å². The van der Waals surface area contributed by atoms with Gasteiger partial charge in [0.2, 0.25) is 0 Å². The minimum atomic E-state index is -1.10. The zero-order chi connectivity index (χ0) is 16.7. The van der Waals surface area contributed by atoms with Crippen LogP contribution in [0.4, 0.5) is 0 Å². The Morgan fingerprint density at radius 3 is 2.35 bits per heavy atom. The number of carboxylic acid groups (broad SMARTS) is 2. The third-order valence-corrected chi connectivity index (χ3v) is 3.97. The SMILES string of the molecule is C#Cc1ccc(C(=O)O)c2c1-c1cc(C(=O)O)ccc1C2C#C. The van der Waals surface area contributed by atoms with Gasteiger partial charge in [-0.3, -0.25) is 0 Å². The quantitative estimate of drug-likeness (QED) is 0.837. The number of terminal acetylenes is 2. The van der Waals surface area contributed by atoms with E-state index >= 15 is 0 Å². The van der Waals surface area contributed by atoms with Gasteiger partial charge in [0.15, 0.2) is 0 Å². The molecule has 0 heterocycles. The molecule has 0 saturated heterocycles. The van der Waals surface area contributed by atoms with Crippen LogP contribution in [0.3, 0.4) is 0 Å². The van der Waals surface area contributed by atoms with Gasteiger partial charge < -0.3 is 10.2 Å². The Morgan fingerprint density at radius 2 is 1.78 bits per heavy atom. The van der Waals surface area contributed by atoms with E-state index in [0.717, 1.165) is 0 Å². The highest BCUT2D eigenvalue weighted by atomic mass is 16.4. The Hall–Kier alpha value is -3.50. The van der Waals surface area contributed by atoms with Crippen LogP contribution in [-0.4, -0.2) is 22.2 Å². The number of rotatable bonds is 2. The average Bonchev–Trinajstić information content (AvgIpc) is 2.87. The number of carbonyl (C=O) groups is 2. The van der Waals surface area contributed by atoms with E-state index in [1.807, 2.05) is 0 Å². The summed E-state index contributed by atoms with van der Waals surface area (Å²) in [6.07, 6.45) is 11.1. The number of benzene rings is 2. The van der Waals surface area contributed by atoms with Gasteiger partial charge in [-0.15, -0.1) is 12.8 Å². The fourth-order valence-corrected chi connectivity index (χ4v) is 3.00. The molecule has 0 spiro atoms. The van der Waals surface area contributed by atoms with Crippen LogP contribution in [0.2, 0.25) is 0 Å². The number of hydrogen-bond acceptors (Lipinski definition) is 2. The summed E-state index contributed by atoms with van der Waals surface area (Å²) in [5.74, 6) is 2.37. The van der Waals surface area contributed by atoms with Crippen molar-refractivity contribution in [2.45, 2.75) is 5.92 Å². The molecular weight excluding hydrogens is 292 g/mol. The van der Waals surface area contributed by atoms with Gasteiger partial charge in [-0.2, -0.15) is 0 Å². The highest BCUT2D eigenvalue weighted by Crippen LogP contribution is 2.48. The summed E-state index contributed by atoms with van der Waals surface area (Å²) in [7, 11) is 0. The molecule has 2 N–H and O–H groups in total. The largest absolute Gasteiger partial charge is 0.478 e. The van der Waals surface area contributed by atoms with Crippen LogP contribution >= 0.6 is 0 Å². The predicted molar refractivity (Wildman–Crippen MR) is 84.4 cm³/mol. The molecule has 4 nitrogen and oxygen atoms in total. The second kappa shape index (κ2) is 5.05. The highest BCUT2D eigenvalue weighted by Gasteiger charge is 2.33. The van der Waals surface area contributed by atoms with E-state index in [4.69, 9.17) is 12.8 Å². The first-order valence-corrected chi connectivity index (χ1v) is 6.70. The summed E-state index contributed by atoms with van der Waals surface area (Å²) >= 11 is 0. The van der Waals surface area contributed by atoms with Gasteiger partial charge in [0.1, 0.15) is 0 Å². The fraction of sp³-hybridized carbons (Fsp3) is 0.0526. The zero-order valence-corrected chi connectivity index (χ0v) is 11.8. The van der Waals surface area contributed by atoms with Crippen LogP contribution in [0.5, 0.6) is 0 Å². The Morgan fingerprint density at radius 1 is 1.04 bits per heavy atom. The summed E-state index contributed by atoms with van der Waals surface area (Å²) in [6, 6.07) is 7.53. The lowest BCUT2D eigenvalue weighted by atomic mass is 9.91. The van der Waals surface area contributed by atoms with Crippen molar-refractivity contribution in [1.82, 2.24) is 0 Å². The first-order chi connectivity index (χ1) is 11.0. The van der Waals surface area contributed by atoms with Crippen molar-refractivity contribution < 1.29 is 19.8 Å². The number of fused-ring (bicyclic) bond motifs is 3. The molecule has 1 unspecified atom stereocenters. The third-order valence-electron chi connectivity index (χ3n) is 3.97. The molecule has 0 radical (unpaired) electrons. The summed E-state index contributed by atoms with van der Waals surface area (Å²) < 4.78 is 0. The Kier molecular flexibility index (Phi) is 3.17. The van der Waals surface area contributed by atoms with E-state index in [1.54, 1.807) is 12.1 Å². The molecule has 0 fully saturated rings. The monoisotopic (exact) mass is 302 g/mol. The summed E-state index contributed by atoms with van der Waals surface area (Å²) in [4.78, 5) is 22.8. The predicted octanol–water partition coefficient (Wildman–Crippen LogP) is 2.81. The zero-order valence-electron chi connectivity index (χ0n) is 11.8. The molecule has 0 aliphatic heterocycles. The number of carboxylic acids is 2. The second-order valence-electron chi connectivity index (χ2n) is 5.11. The molecule has 23 heavy (non-hydrogen) atoms. The lowest BCUT2D eigenvalue weighted by molar-refractivity contribution is 0.0685. The Bertz CT molecular complexity index is 955. The number of hydrogen-bond donors (Lipinski definition) is 2. The molecule has 2 aromatic rings. The highest BCUT2D eigenvalue weighted by molar-refractivity contribution is 5.99. The first-order valence-electron chi connectivity index (χ1n) is 6.70. The van der Waals surface area contributed by atoms with E-state index < -0.39 is 17.9 Å². The van der Waals surface area contributed by atoms with Crippen LogP contribution in [-0.2, 0) is 0 Å². The van der Waals surface area contributed by atoms with Crippen molar-refractivity contribution in [2.75, 3.05) is 0 Å². The molecule has 0 aromatic heterocycles. The van der Waals surface area contributed by atoms with Crippen molar-refractivity contribution in [2.24, 2.45) is 0 Å². The van der Waals surface area contributed by atoms with Crippen LogP contribution in [0.25, 0.3) is 11.1 Å². The number of aromatic carboxylic acids is 2. The second-order valence-corrected chi connectivity index (χ2v) is 5.11. The molecular formula is C19H10O4. The molecule has 4 heteroatoms. The molecule has 1 aliphatic carbocycles. The molecule has 0 amide bonds. The first kappa shape index (κ1) is 14.4. The minimum absolute atomic E-state index is 0.0787. The smallest absolute Gasteiger partial charge is 0.336 e. The van der Waals surface area contributed by atoms with Gasteiger partial charge in [-0.1, -0.05) is 17.9 Å². The van der Waals surface area contributed by atoms with E-state index in [9.17, 15) is 19.8 Å². The van der Waals surface area contributed by atoms with Gasteiger partial charge in [0, 0.05) is 11.1 Å². The molecule has 110 valence electrons. The van der Waals surface area contributed by atoms with Gasteiger partial charge in [-0.25, -0.2) is 9.59 Å². The molecule has 1 atom stereocenters. The molecule has 0 saturated carbocycles. The fourth-order valence-electron chi connectivity index (χ4n) is 3.00. The van der Waals surface area contributed by atoms with Crippen molar-refractivity contribution >= 4 is 11.9 Å². The molecule has 0 bridgehead atoms. The van der Waals surface area contributed by atoms with Crippen molar-refractivity contribution in [1.29, 1.82) is 0 Å². The maximum atomic E-state index is 11.5. The van der Waals surface area contributed by atoms with E-state index in [1.165, 1.54) is 18.2 Å². The van der Waals surface area contributed by atoms with Gasteiger partial charge >= 0.3 is 11.9 Å². The Balaban J connectivity index is 2.44. The van der Waals surface area contributed by atoms with Crippen molar-refractivity contribution in [3.8, 4) is 35.8 Å². The third kappa shape index (κ3) is 1.97. The van der Waals surface area contributed by atoms with Gasteiger partial charge in [0.25, 0.3) is 0 Å². The van der Waals surface area contributed by atoms with Crippen LogP contribution in [0, 0.1) is 24.7 Å². The normalized spacial score (nSPS) is 14.3. The van der Waals surface area contributed by atoms with Crippen LogP contribution in [0.1, 0.15) is 43.3 Å². The molecule has 2 aromatic carbocycles. The average molecular weight is 302 g/mol. The van der Waals surface area contributed by atoms with E-state index in [2.05, 4.69) is 11.8 Å². The topological polar surface area (TPSA) is 74.6 Å². The van der Waals surface area contributed by atoms with Gasteiger partial charge in [0.05, 0.1) is 17.0 Å². The van der Waals surface area contributed by atoms with Gasteiger partial charge in [-0.05, 0) is 41.0 Å². The lowest BCUT2D eigenvalue weighted by Crippen LogP contribution is -2.05. The van der Waals surface area contributed by atoms with E-state index in [-0.39, 0.29) is 11.1 Å².